The molecule has 0 bridgehead atoms. The number of halogens is 3. The zero-order valence-corrected chi connectivity index (χ0v) is 19.5. The van der Waals surface area contributed by atoms with Crippen LogP contribution < -0.4 is 15.6 Å². The molecular weight excluding hydrogens is 464 g/mol. The number of nitrogens with one attached hydrogen (secondary N) is 1. The molecule has 0 radical (unpaired) electrons. The Bertz CT molecular complexity index is 1460. The normalized spacial score (nSPS) is 11.1. The van der Waals surface area contributed by atoms with Crippen LogP contribution in [0.1, 0.15) is 6.92 Å². The second-order valence-corrected chi connectivity index (χ2v) is 8.27. The van der Waals surface area contributed by atoms with Gasteiger partial charge in [0.05, 0.1) is 28.4 Å². The van der Waals surface area contributed by atoms with Gasteiger partial charge in [0, 0.05) is 30.6 Å². The SMILES string of the molecule is CCOC(=O)Cn1c2cc(Nc3c(F)cccc3F)ccc2c(=O)c2ccc(Cl)c(N(C)C)c21. The van der Waals surface area contributed by atoms with Gasteiger partial charge in [-0.15, -0.1) is 0 Å². The number of esters is 1. The number of carbonyl (C=O) groups excluding carboxylic acids is 1. The van der Waals surface area contributed by atoms with E-state index in [2.05, 4.69) is 5.32 Å². The molecule has 0 fully saturated rings. The Morgan fingerprint density at radius 2 is 1.76 bits per heavy atom. The van der Waals surface area contributed by atoms with Crippen LogP contribution in [0.2, 0.25) is 5.02 Å². The Labute approximate surface area is 199 Å². The van der Waals surface area contributed by atoms with Crippen molar-refractivity contribution in [2.75, 3.05) is 30.9 Å². The molecule has 0 aliphatic carbocycles. The van der Waals surface area contributed by atoms with Crippen molar-refractivity contribution in [3.05, 3.63) is 75.4 Å². The number of rotatable bonds is 6. The molecule has 0 saturated heterocycles. The van der Waals surface area contributed by atoms with Gasteiger partial charge < -0.3 is 19.5 Å². The van der Waals surface area contributed by atoms with Gasteiger partial charge in [0.1, 0.15) is 23.9 Å². The van der Waals surface area contributed by atoms with E-state index in [1.54, 1.807) is 60.8 Å². The fourth-order valence-electron chi connectivity index (χ4n) is 3.99. The summed E-state index contributed by atoms with van der Waals surface area (Å²) < 4.78 is 35.2. The molecule has 4 rings (SSSR count). The average Bonchev–Trinajstić information content (AvgIpc) is 2.78. The summed E-state index contributed by atoms with van der Waals surface area (Å²) in [5.74, 6) is -2.02. The smallest absolute Gasteiger partial charge is 0.325 e. The first-order valence-electron chi connectivity index (χ1n) is 10.6. The number of nitrogens with zero attached hydrogens (tertiary/aromatic N) is 2. The van der Waals surface area contributed by atoms with Gasteiger partial charge in [0.25, 0.3) is 0 Å². The maximum atomic E-state index is 14.2. The van der Waals surface area contributed by atoms with E-state index in [-0.39, 0.29) is 24.3 Å². The summed E-state index contributed by atoms with van der Waals surface area (Å²) in [6, 6.07) is 11.5. The second-order valence-electron chi connectivity index (χ2n) is 7.86. The first-order chi connectivity index (χ1) is 16.2. The lowest BCUT2D eigenvalue weighted by Gasteiger charge is -2.22. The zero-order valence-electron chi connectivity index (χ0n) is 18.8. The molecule has 0 atom stereocenters. The van der Waals surface area contributed by atoms with Crippen molar-refractivity contribution in [1.82, 2.24) is 4.57 Å². The fraction of sp³-hybridized carbons (Fsp3) is 0.200. The minimum atomic E-state index is -0.760. The van der Waals surface area contributed by atoms with E-state index in [0.717, 1.165) is 12.1 Å². The molecule has 34 heavy (non-hydrogen) atoms. The minimum Gasteiger partial charge on any atom is -0.465 e. The molecule has 6 nitrogen and oxygen atoms in total. The summed E-state index contributed by atoms with van der Waals surface area (Å²) in [6.07, 6.45) is 0. The minimum absolute atomic E-state index is 0.190. The van der Waals surface area contributed by atoms with Crippen molar-refractivity contribution in [2.24, 2.45) is 0 Å². The molecule has 9 heteroatoms. The number of benzene rings is 3. The number of fused-ring (bicyclic) bond motifs is 2. The van der Waals surface area contributed by atoms with E-state index in [4.69, 9.17) is 16.3 Å². The fourth-order valence-corrected chi connectivity index (χ4v) is 4.31. The number of aromatic nitrogens is 1. The number of ether oxygens (including phenoxy) is 1. The molecule has 1 aromatic heterocycles. The van der Waals surface area contributed by atoms with Crippen LogP contribution in [0.25, 0.3) is 21.8 Å². The van der Waals surface area contributed by atoms with E-state index in [1.807, 2.05) is 0 Å². The van der Waals surface area contributed by atoms with Crippen LogP contribution in [0.3, 0.4) is 0 Å². The van der Waals surface area contributed by atoms with Crippen LogP contribution in [0.15, 0.2) is 53.3 Å². The Balaban J connectivity index is 2.04. The molecule has 0 aliphatic rings. The Morgan fingerprint density at radius 3 is 2.41 bits per heavy atom. The van der Waals surface area contributed by atoms with Crippen molar-refractivity contribution in [1.29, 1.82) is 0 Å². The van der Waals surface area contributed by atoms with Crippen LogP contribution in [-0.4, -0.2) is 31.2 Å². The number of pyridine rings is 1. The van der Waals surface area contributed by atoms with Gasteiger partial charge in [0.2, 0.25) is 0 Å². The molecule has 0 amide bonds. The summed E-state index contributed by atoms with van der Waals surface area (Å²) in [7, 11) is 3.56. The first-order valence-corrected chi connectivity index (χ1v) is 10.9. The lowest BCUT2D eigenvalue weighted by molar-refractivity contribution is -0.143. The van der Waals surface area contributed by atoms with E-state index in [9.17, 15) is 18.4 Å². The molecule has 176 valence electrons. The molecule has 0 aliphatic heterocycles. The average molecular weight is 486 g/mol. The molecule has 1 N–H and O–H groups in total. The van der Waals surface area contributed by atoms with E-state index < -0.39 is 17.6 Å². The van der Waals surface area contributed by atoms with Crippen LogP contribution >= 0.6 is 11.6 Å². The van der Waals surface area contributed by atoms with Gasteiger partial charge in [0.15, 0.2) is 5.43 Å². The number of carbonyl (C=O) groups is 1. The topological polar surface area (TPSA) is 63.6 Å². The molecule has 0 spiro atoms. The third-order valence-corrected chi connectivity index (χ3v) is 5.73. The molecule has 0 saturated carbocycles. The highest BCUT2D eigenvalue weighted by Gasteiger charge is 2.20. The predicted octanol–water partition coefficient (Wildman–Crippen LogP) is 5.46. The highest BCUT2D eigenvalue weighted by Crippen LogP contribution is 2.35. The second kappa shape index (κ2) is 9.30. The highest BCUT2D eigenvalue weighted by atomic mass is 35.5. The van der Waals surface area contributed by atoms with Crippen LogP contribution in [0.4, 0.5) is 25.8 Å². The summed E-state index contributed by atoms with van der Waals surface area (Å²) in [6.45, 7) is 1.70. The van der Waals surface area contributed by atoms with Crippen LogP contribution in [0.5, 0.6) is 0 Å². The summed E-state index contributed by atoms with van der Waals surface area (Å²) in [5, 5.41) is 3.85. The Kier molecular flexibility index (Phi) is 6.43. The Morgan fingerprint density at radius 1 is 1.09 bits per heavy atom. The lowest BCUT2D eigenvalue weighted by atomic mass is 10.1. The molecular formula is C25H22ClF2N3O3. The summed E-state index contributed by atoms with van der Waals surface area (Å²) in [5.41, 5.74) is 1.16. The Hall–Kier alpha value is -3.65. The van der Waals surface area contributed by atoms with E-state index in [0.29, 0.717) is 38.2 Å². The zero-order chi connectivity index (χ0) is 24.6. The molecule has 1 heterocycles. The molecule has 4 aromatic rings. The molecule has 0 unspecified atom stereocenters. The van der Waals surface area contributed by atoms with Crippen molar-refractivity contribution in [3.8, 4) is 0 Å². The third-order valence-electron chi connectivity index (χ3n) is 5.42. The summed E-state index contributed by atoms with van der Waals surface area (Å²) in [4.78, 5) is 27.7. The van der Waals surface area contributed by atoms with Crippen LogP contribution in [-0.2, 0) is 16.1 Å². The number of hydrogen-bond donors (Lipinski definition) is 1. The molecule has 3 aromatic carbocycles. The predicted molar refractivity (Wildman–Crippen MR) is 131 cm³/mol. The number of hydrogen-bond acceptors (Lipinski definition) is 5. The quantitative estimate of drug-likeness (QED) is 0.290. The van der Waals surface area contributed by atoms with Gasteiger partial charge in [-0.3, -0.25) is 9.59 Å². The first kappa shape index (κ1) is 23.5. The maximum absolute atomic E-state index is 14.2. The van der Waals surface area contributed by atoms with Gasteiger partial charge in [-0.25, -0.2) is 8.78 Å². The largest absolute Gasteiger partial charge is 0.465 e. The lowest BCUT2D eigenvalue weighted by Crippen LogP contribution is -2.21. The van der Waals surface area contributed by atoms with Crippen molar-refractivity contribution >= 4 is 56.4 Å². The van der Waals surface area contributed by atoms with Gasteiger partial charge >= 0.3 is 5.97 Å². The monoisotopic (exact) mass is 485 g/mol. The van der Waals surface area contributed by atoms with Crippen molar-refractivity contribution in [2.45, 2.75) is 13.5 Å². The van der Waals surface area contributed by atoms with Gasteiger partial charge in [-0.2, -0.15) is 0 Å². The number of para-hydroxylation sites is 1. The van der Waals surface area contributed by atoms with E-state index >= 15 is 0 Å². The highest BCUT2D eigenvalue weighted by molar-refractivity contribution is 6.35. The standard InChI is InChI=1S/C25H22ClF2N3O3/c1-4-34-21(32)13-31-20-12-14(29-22-18(27)6-5-7-19(22)28)8-9-15(20)25(33)16-10-11-17(26)24(23(16)31)30(2)3/h5-12,29H,4,13H2,1-3H3. The van der Waals surface area contributed by atoms with Crippen LogP contribution in [0, 0.1) is 11.6 Å². The number of anilines is 3. The summed E-state index contributed by atoms with van der Waals surface area (Å²) >= 11 is 6.48. The van der Waals surface area contributed by atoms with Gasteiger partial charge in [-0.05, 0) is 49.4 Å². The van der Waals surface area contributed by atoms with Crippen molar-refractivity contribution in [3.63, 3.8) is 0 Å². The maximum Gasteiger partial charge on any atom is 0.325 e. The third kappa shape index (κ3) is 4.17. The van der Waals surface area contributed by atoms with Gasteiger partial charge in [-0.1, -0.05) is 17.7 Å². The van der Waals surface area contributed by atoms with Crippen molar-refractivity contribution < 1.29 is 18.3 Å². The van der Waals surface area contributed by atoms with E-state index in [1.165, 1.54) is 6.07 Å².